The third-order valence-corrected chi connectivity index (χ3v) is 2.03. The van der Waals surface area contributed by atoms with Crippen LogP contribution in [0.5, 0.6) is 0 Å². The fourth-order valence-corrected chi connectivity index (χ4v) is 1.24. The molecule has 0 radical (unpaired) electrons. The summed E-state index contributed by atoms with van der Waals surface area (Å²) in [6, 6.07) is 6.34. The molecule has 0 bridgehead atoms. The van der Waals surface area contributed by atoms with Crippen LogP contribution in [0.1, 0.15) is 11.1 Å². The zero-order chi connectivity index (χ0) is 12.8. The predicted octanol–water partition coefficient (Wildman–Crippen LogP) is 1.07. The number of carbonyl (C=O) groups excluding carboxylic acids is 1. The van der Waals surface area contributed by atoms with Crippen LogP contribution in [0.25, 0.3) is 0 Å². The molecule has 0 aliphatic carbocycles. The molecule has 0 aromatic heterocycles. The minimum atomic E-state index is -1.13. The monoisotopic (exact) mass is 233 g/mol. The van der Waals surface area contributed by atoms with E-state index < -0.39 is 18.5 Å². The molecule has 0 heterocycles. The molecular weight excluding hydrogens is 222 g/mol. The summed E-state index contributed by atoms with van der Waals surface area (Å²) in [6.07, 6.45) is 0. The van der Waals surface area contributed by atoms with Crippen molar-refractivity contribution in [2.45, 2.75) is 6.92 Å². The van der Waals surface area contributed by atoms with Crippen LogP contribution in [0.2, 0.25) is 0 Å². The molecule has 0 atom stereocenters. The number of urea groups is 1. The van der Waals surface area contributed by atoms with Crippen molar-refractivity contribution < 1.29 is 14.7 Å². The topological polar surface area (TPSA) is 102 Å². The van der Waals surface area contributed by atoms with E-state index in [1.54, 1.807) is 25.1 Å². The number of hydrogen-bond donors (Lipinski definition) is 3. The summed E-state index contributed by atoms with van der Waals surface area (Å²) in [6.45, 7) is 1.28. The second-order valence-electron chi connectivity index (χ2n) is 3.31. The van der Waals surface area contributed by atoms with Gasteiger partial charge in [0.2, 0.25) is 0 Å². The summed E-state index contributed by atoms with van der Waals surface area (Å²) in [5, 5.41) is 21.9. The van der Waals surface area contributed by atoms with Gasteiger partial charge in [-0.05, 0) is 18.6 Å². The molecule has 0 fully saturated rings. The van der Waals surface area contributed by atoms with Gasteiger partial charge in [0.05, 0.1) is 11.3 Å². The molecule has 0 unspecified atom stereocenters. The van der Waals surface area contributed by atoms with Crippen LogP contribution in [0.3, 0.4) is 0 Å². The van der Waals surface area contributed by atoms with E-state index in [1.807, 2.05) is 6.07 Å². The van der Waals surface area contributed by atoms with Gasteiger partial charge in [0.25, 0.3) is 0 Å². The van der Waals surface area contributed by atoms with Gasteiger partial charge in [0, 0.05) is 0 Å². The summed E-state index contributed by atoms with van der Waals surface area (Å²) >= 11 is 0. The third kappa shape index (κ3) is 3.50. The summed E-state index contributed by atoms with van der Waals surface area (Å²) < 4.78 is 0. The normalized spacial score (nSPS) is 9.18. The van der Waals surface area contributed by atoms with Gasteiger partial charge in [-0.2, -0.15) is 5.26 Å². The number of nitriles is 1. The van der Waals surface area contributed by atoms with Crippen LogP contribution in [0.4, 0.5) is 10.5 Å². The SMILES string of the molecule is Cc1cccc(NC(=O)NCC(=O)O)c1C#N. The summed E-state index contributed by atoms with van der Waals surface area (Å²) in [4.78, 5) is 21.5. The molecule has 6 heteroatoms. The van der Waals surface area contributed by atoms with Gasteiger partial charge < -0.3 is 15.7 Å². The van der Waals surface area contributed by atoms with Crippen LogP contribution >= 0.6 is 0 Å². The average molecular weight is 233 g/mol. The van der Waals surface area contributed by atoms with E-state index >= 15 is 0 Å². The van der Waals surface area contributed by atoms with E-state index in [1.165, 1.54) is 0 Å². The van der Waals surface area contributed by atoms with Crippen molar-refractivity contribution in [1.82, 2.24) is 5.32 Å². The highest BCUT2D eigenvalue weighted by Crippen LogP contribution is 2.17. The number of anilines is 1. The Morgan fingerprint density at radius 3 is 2.76 bits per heavy atom. The molecule has 3 N–H and O–H groups in total. The number of benzene rings is 1. The van der Waals surface area contributed by atoms with E-state index in [-0.39, 0.29) is 0 Å². The Morgan fingerprint density at radius 2 is 2.18 bits per heavy atom. The second-order valence-corrected chi connectivity index (χ2v) is 3.31. The van der Waals surface area contributed by atoms with Crippen molar-refractivity contribution in [3.63, 3.8) is 0 Å². The van der Waals surface area contributed by atoms with Crippen LogP contribution < -0.4 is 10.6 Å². The number of nitrogens with zero attached hydrogens (tertiary/aromatic N) is 1. The van der Waals surface area contributed by atoms with Crippen LogP contribution in [0, 0.1) is 18.3 Å². The predicted molar refractivity (Wildman–Crippen MR) is 60.6 cm³/mol. The first kappa shape index (κ1) is 12.5. The largest absolute Gasteiger partial charge is 0.480 e. The van der Waals surface area contributed by atoms with Crippen molar-refractivity contribution in [1.29, 1.82) is 5.26 Å². The maximum Gasteiger partial charge on any atom is 0.323 e. The number of rotatable bonds is 3. The molecule has 0 saturated heterocycles. The first-order valence-electron chi connectivity index (χ1n) is 4.81. The first-order chi connectivity index (χ1) is 8.04. The average Bonchev–Trinajstić information content (AvgIpc) is 2.27. The lowest BCUT2D eigenvalue weighted by atomic mass is 10.1. The number of amides is 2. The fourth-order valence-electron chi connectivity index (χ4n) is 1.24. The lowest BCUT2D eigenvalue weighted by Crippen LogP contribution is -2.33. The lowest BCUT2D eigenvalue weighted by Gasteiger charge is -2.08. The Hall–Kier alpha value is -2.55. The molecule has 6 nitrogen and oxygen atoms in total. The number of carbonyl (C=O) groups is 2. The molecule has 2 amide bonds. The Kier molecular flexibility index (Phi) is 4.06. The maximum atomic E-state index is 11.3. The molecule has 1 aromatic carbocycles. The third-order valence-electron chi connectivity index (χ3n) is 2.03. The number of hydrogen-bond acceptors (Lipinski definition) is 3. The second kappa shape index (κ2) is 5.51. The van der Waals surface area contributed by atoms with E-state index in [2.05, 4.69) is 10.6 Å². The van der Waals surface area contributed by atoms with Gasteiger partial charge >= 0.3 is 12.0 Å². The number of nitrogens with one attached hydrogen (secondary N) is 2. The van der Waals surface area contributed by atoms with Crippen LogP contribution in [-0.2, 0) is 4.79 Å². The Bertz CT molecular complexity index is 491. The van der Waals surface area contributed by atoms with Gasteiger partial charge in [-0.15, -0.1) is 0 Å². The van der Waals surface area contributed by atoms with Crippen molar-refractivity contribution in [2.75, 3.05) is 11.9 Å². The molecule has 0 aliphatic rings. The minimum Gasteiger partial charge on any atom is -0.480 e. The molecular formula is C11H11N3O3. The summed E-state index contributed by atoms with van der Waals surface area (Å²) in [5.74, 6) is -1.13. The molecule has 1 aromatic rings. The maximum absolute atomic E-state index is 11.3. The summed E-state index contributed by atoms with van der Waals surface area (Å²) in [5.41, 5.74) is 1.46. The number of aryl methyl sites for hydroxylation is 1. The Morgan fingerprint density at radius 1 is 1.47 bits per heavy atom. The molecule has 0 saturated carbocycles. The Labute approximate surface area is 97.9 Å². The molecule has 88 valence electrons. The number of aliphatic carboxylic acids is 1. The van der Waals surface area contributed by atoms with Gasteiger partial charge in [-0.3, -0.25) is 4.79 Å². The molecule has 0 spiro atoms. The van der Waals surface area contributed by atoms with Gasteiger partial charge in [-0.1, -0.05) is 12.1 Å². The number of carboxylic acids is 1. The smallest absolute Gasteiger partial charge is 0.323 e. The van der Waals surface area contributed by atoms with Crippen molar-refractivity contribution in [2.24, 2.45) is 0 Å². The number of carboxylic acid groups (broad SMARTS) is 1. The summed E-state index contributed by atoms with van der Waals surface area (Å²) in [7, 11) is 0. The van der Waals surface area contributed by atoms with E-state index in [0.29, 0.717) is 11.3 Å². The minimum absolute atomic E-state index is 0.357. The zero-order valence-corrected chi connectivity index (χ0v) is 9.15. The van der Waals surface area contributed by atoms with Crippen LogP contribution in [-0.4, -0.2) is 23.7 Å². The molecule has 1 rings (SSSR count). The zero-order valence-electron chi connectivity index (χ0n) is 9.15. The lowest BCUT2D eigenvalue weighted by molar-refractivity contribution is -0.135. The van der Waals surface area contributed by atoms with Gasteiger partial charge in [-0.25, -0.2) is 4.79 Å². The highest BCUT2D eigenvalue weighted by Gasteiger charge is 2.08. The van der Waals surface area contributed by atoms with Crippen LogP contribution in [0.15, 0.2) is 18.2 Å². The molecule has 17 heavy (non-hydrogen) atoms. The fraction of sp³-hybridized carbons (Fsp3) is 0.182. The van der Waals surface area contributed by atoms with Gasteiger partial charge in [0.15, 0.2) is 0 Å². The highest BCUT2D eigenvalue weighted by atomic mass is 16.4. The molecule has 0 aliphatic heterocycles. The van der Waals surface area contributed by atoms with E-state index in [4.69, 9.17) is 10.4 Å². The highest BCUT2D eigenvalue weighted by molar-refractivity contribution is 5.92. The first-order valence-corrected chi connectivity index (χ1v) is 4.81. The van der Waals surface area contributed by atoms with E-state index in [9.17, 15) is 9.59 Å². The van der Waals surface area contributed by atoms with E-state index in [0.717, 1.165) is 5.56 Å². The standard InChI is InChI=1S/C11H11N3O3/c1-7-3-2-4-9(8(7)5-12)14-11(17)13-6-10(15)16/h2-4H,6H2,1H3,(H,15,16)(H2,13,14,17). The quantitative estimate of drug-likeness (QED) is 0.726. The van der Waals surface area contributed by atoms with Crippen molar-refractivity contribution >= 4 is 17.7 Å². The van der Waals surface area contributed by atoms with Crippen molar-refractivity contribution in [3.8, 4) is 6.07 Å². The Balaban J connectivity index is 2.75. The van der Waals surface area contributed by atoms with Crippen molar-refractivity contribution in [3.05, 3.63) is 29.3 Å². The van der Waals surface area contributed by atoms with Gasteiger partial charge in [0.1, 0.15) is 12.6 Å².